The Kier molecular flexibility index (Phi) is 3.92. The summed E-state index contributed by atoms with van der Waals surface area (Å²) >= 11 is 5.89. The third-order valence-electron chi connectivity index (χ3n) is 3.45. The molecule has 2 atom stereocenters. The summed E-state index contributed by atoms with van der Waals surface area (Å²) < 4.78 is 5.15. The van der Waals surface area contributed by atoms with E-state index in [2.05, 4.69) is 0 Å². The number of hydrogen-bond donors (Lipinski definition) is 0. The number of rotatable bonds is 3. The Balaban J connectivity index is 1.71. The number of methoxy groups -OCH3 is 1. The van der Waals surface area contributed by atoms with Gasteiger partial charge in [-0.1, -0.05) is 35.9 Å². The molecule has 0 radical (unpaired) electrons. The summed E-state index contributed by atoms with van der Waals surface area (Å²) in [4.78, 5) is 10.9. The molecule has 1 saturated heterocycles. The van der Waals surface area contributed by atoms with Gasteiger partial charge < -0.3 is 4.74 Å². The molecule has 20 heavy (non-hydrogen) atoms. The molecule has 0 amide bonds. The molecule has 1 aliphatic rings. The van der Waals surface area contributed by atoms with Crippen molar-refractivity contribution >= 4 is 11.6 Å². The summed E-state index contributed by atoms with van der Waals surface area (Å²) in [6, 6.07) is 15.5. The van der Waals surface area contributed by atoms with Crippen molar-refractivity contribution in [1.29, 1.82) is 0 Å². The first kappa shape index (κ1) is 13.4. The predicted octanol–water partition coefficient (Wildman–Crippen LogP) is 4.48. The van der Waals surface area contributed by atoms with E-state index in [4.69, 9.17) is 26.1 Å². The molecule has 0 saturated carbocycles. The molecule has 0 aliphatic carbocycles. The lowest BCUT2D eigenvalue weighted by Gasteiger charge is -2.08. The fraction of sp³-hybridized carbons (Fsp3) is 0.250. The normalized spacial score (nSPS) is 21.9. The number of halogens is 1. The molecular formula is C16H15ClO3. The van der Waals surface area contributed by atoms with Crippen molar-refractivity contribution in [3.8, 4) is 5.75 Å². The van der Waals surface area contributed by atoms with Crippen LogP contribution in [0.1, 0.15) is 29.8 Å². The molecule has 3 rings (SSSR count). The van der Waals surface area contributed by atoms with Crippen LogP contribution < -0.4 is 4.74 Å². The van der Waals surface area contributed by atoms with Crippen molar-refractivity contribution in [2.24, 2.45) is 0 Å². The Morgan fingerprint density at radius 1 is 0.900 bits per heavy atom. The molecule has 104 valence electrons. The summed E-state index contributed by atoms with van der Waals surface area (Å²) in [6.07, 6.45) is 0.675. The maximum absolute atomic E-state index is 5.89. The van der Waals surface area contributed by atoms with Crippen LogP contribution in [0.25, 0.3) is 0 Å². The lowest BCUT2D eigenvalue weighted by atomic mass is 10.00. The molecule has 1 fully saturated rings. The smallest absolute Gasteiger partial charge is 0.121 e. The number of hydrogen-bond acceptors (Lipinski definition) is 3. The van der Waals surface area contributed by atoms with Gasteiger partial charge in [-0.2, -0.15) is 0 Å². The second-order valence-electron chi connectivity index (χ2n) is 4.73. The molecule has 2 aromatic carbocycles. The second kappa shape index (κ2) is 5.83. The second-order valence-corrected chi connectivity index (χ2v) is 5.17. The highest BCUT2D eigenvalue weighted by Gasteiger charge is 2.29. The summed E-state index contributed by atoms with van der Waals surface area (Å²) in [6.45, 7) is 0. The molecule has 0 N–H and O–H groups in total. The Morgan fingerprint density at radius 2 is 1.40 bits per heavy atom. The van der Waals surface area contributed by atoms with Crippen LogP contribution >= 0.6 is 11.6 Å². The van der Waals surface area contributed by atoms with Gasteiger partial charge in [0.15, 0.2) is 0 Å². The van der Waals surface area contributed by atoms with Crippen LogP contribution in [0, 0.1) is 0 Å². The highest BCUT2D eigenvalue weighted by molar-refractivity contribution is 6.30. The van der Waals surface area contributed by atoms with E-state index in [0.29, 0.717) is 0 Å². The van der Waals surface area contributed by atoms with Gasteiger partial charge in [0.05, 0.1) is 7.11 Å². The lowest BCUT2D eigenvalue weighted by molar-refractivity contribution is -0.300. The molecule has 4 heteroatoms. The number of benzene rings is 2. The van der Waals surface area contributed by atoms with Crippen LogP contribution in [-0.2, 0) is 9.78 Å². The first-order valence-electron chi connectivity index (χ1n) is 6.48. The van der Waals surface area contributed by atoms with Crippen LogP contribution in [0.2, 0.25) is 5.02 Å². The molecular weight excluding hydrogens is 276 g/mol. The van der Waals surface area contributed by atoms with Gasteiger partial charge in [0, 0.05) is 11.4 Å². The van der Waals surface area contributed by atoms with Gasteiger partial charge in [-0.05, 0) is 35.4 Å². The minimum atomic E-state index is -0.0561. The van der Waals surface area contributed by atoms with E-state index >= 15 is 0 Å². The zero-order valence-electron chi connectivity index (χ0n) is 11.1. The third kappa shape index (κ3) is 2.80. The molecule has 1 aliphatic heterocycles. The summed E-state index contributed by atoms with van der Waals surface area (Å²) in [5.41, 5.74) is 2.16. The predicted molar refractivity (Wildman–Crippen MR) is 76.7 cm³/mol. The maximum Gasteiger partial charge on any atom is 0.121 e. The maximum atomic E-state index is 5.89. The molecule has 0 bridgehead atoms. The first-order valence-corrected chi connectivity index (χ1v) is 6.85. The summed E-state index contributed by atoms with van der Waals surface area (Å²) in [5.74, 6) is 0.835. The van der Waals surface area contributed by atoms with Crippen molar-refractivity contribution in [2.75, 3.05) is 7.11 Å². The zero-order valence-corrected chi connectivity index (χ0v) is 11.8. The van der Waals surface area contributed by atoms with E-state index in [9.17, 15) is 0 Å². The van der Waals surface area contributed by atoms with Gasteiger partial charge in [0.1, 0.15) is 18.0 Å². The quantitative estimate of drug-likeness (QED) is 0.780. The van der Waals surface area contributed by atoms with Crippen molar-refractivity contribution in [2.45, 2.75) is 18.6 Å². The summed E-state index contributed by atoms with van der Waals surface area (Å²) in [5, 5.41) is 0.722. The Morgan fingerprint density at radius 3 is 1.90 bits per heavy atom. The van der Waals surface area contributed by atoms with E-state index < -0.39 is 0 Å². The molecule has 3 nitrogen and oxygen atoms in total. The SMILES string of the molecule is COc1ccc([C@H]2C[C@H](c3ccc(Cl)cc3)OO2)cc1. The van der Waals surface area contributed by atoms with Crippen molar-refractivity contribution in [3.63, 3.8) is 0 Å². The standard InChI is InChI=1S/C16H15ClO3/c1-18-14-8-4-12(5-9-14)16-10-15(19-20-16)11-2-6-13(17)7-3-11/h2-9,15-16H,10H2,1H3/t15-,16-/m1/s1. The van der Waals surface area contributed by atoms with Crippen LogP contribution in [0.15, 0.2) is 48.5 Å². The van der Waals surface area contributed by atoms with Gasteiger partial charge in [-0.25, -0.2) is 9.78 Å². The van der Waals surface area contributed by atoms with Gasteiger partial charge in [0.25, 0.3) is 0 Å². The average molecular weight is 291 g/mol. The Hall–Kier alpha value is -1.55. The first-order chi connectivity index (χ1) is 9.76. The highest BCUT2D eigenvalue weighted by atomic mass is 35.5. The van der Waals surface area contributed by atoms with Crippen molar-refractivity contribution in [3.05, 3.63) is 64.7 Å². The Bertz CT molecular complexity index is 565. The lowest BCUT2D eigenvalue weighted by Crippen LogP contribution is -1.96. The van der Waals surface area contributed by atoms with Crippen LogP contribution in [0.3, 0.4) is 0 Å². The van der Waals surface area contributed by atoms with E-state index in [1.807, 2.05) is 48.5 Å². The Labute approximate surface area is 123 Å². The monoisotopic (exact) mass is 290 g/mol. The molecule has 0 spiro atoms. The largest absolute Gasteiger partial charge is 0.497 e. The molecule has 0 unspecified atom stereocenters. The van der Waals surface area contributed by atoms with Gasteiger partial charge in [0.2, 0.25) is 0 Å². The third-order valence-corrected chi connectivity index (χ3v) is 3.70. The number of ether oxygens (including phenoxy) is 1. The van der Waals surface area contributed by atoms with E-state index in [0.717, 1.165) is 28.3 Å². The fourth-order valence-corrected chi connectivity index (χ4v) is 2.41. The van der Waals surface area contributed by atoms with Crippen LogP contribution in [0.4, 0.5) is 0 Å². The van der Waals surface area contributed by atoms with E-state index in [1.165, 1.54) is 0 Å². The molecule has 0 aromatic heterocycles. The van der Waals surface area contributed by atoms with Crippen LogP contribution in [-0.4, -0.2) is 7.11 Å². The minimum absolute atomic E-state index is 0.0541. The van der Waals surface area contributed by atoms with E-state index in [-0.39, 0.29) is 12.2 Å². The highest BCUT2D eigenvalue weighted by Crippen LogP contribution is 2.39. The van der Waals surface area contributed by atoms with E-state index in [1.54, 1.807) is 7.11 Å². The minimum Gasteiger partial charge on any atom is -0.497 e. The molecule has 2 aromatic rings. The summed E-state index contributed by atoms with van der Waals surface area (Å²) in [7, 11) is 1.65. The topological polar surface area (TPSA) is 27.7 Å². The zero-order chi connectivity index (χ0) is 13.9. The van der Waals surface area contributed by atoms with Crippen LogP contribution in [0.5, 0.6) is 5.75 Å². The van der Waals surface area contributed by atoms with Crippen molar-refractivity contribution in [1.82, 2.24) is 0 Å². The van der Waals surface area contributed by atoms with Gasteiger partial charge in [-0.3, -0.25) is 0 Å². The molecule has 1 heterocycles. The van der Waals surface area contributed by atoms with Crippen molar-refractivity contribution < 1.29 is 14.5 Å². The average Bonchev–Trinajstić information content (AvgIpc) is 2.98. The fourth-order valence-electron chi connectivity index (χ4n) is 2.29. The van der Waals surface area contributed by atoms with Gasteiger partial charge >= 0.3 is 0 Å². The van der Waals surface area contributed by atoms with Gasteiger partial charge in [-0.15, -0.1) is 0 Å².